The highest BCUT2D eigenvalue weighted by Crippen LogP contribution is 2.64. The van der Waals surface area contributed by atoms with E-state index in [4.69, 9.17) is 5.11 Å². The molecule has 0 unspecified atom stereocenters. The zero-order chi connectivity index (χ0) is 10.5. The zero-order valence-electron chi connectivity index (χ0n) is 9.29. The number of Topliss-reactive ketones (excluding diaryl/α,β-unsaturated/α-hetero) is 1. The molecule has 0 saturated heterocycles. The summed E-state index contributed by atoms with van der Waals surface area (Å²) in [5, 5.41) is 9.17. The van der Waals surface area contributed by atoms with E-state index in [1.165, 1.54) is 0 Å². The normalized spacial score (nSPS) is 45.6. The van der Waals surface area contributed by atoms with E-state index >= 15 is 0 Å². The minimum absolute atomic E-state index is 0.0415. The number of rotatable bonds is 1. The summed E-state index contributed by atoms with van der Waals surface area (Å²) in [5.41, 5.74) is 0.379. The maximum Gasteiger partial charge on any atom is 0.138 e. The van der Waals surface area contributed by atoms with Gasteiger partial charge in [0.2, 0.25) is 0 Å². The number of ketones is 1. The molecular weight excluding hydrogens is 176 g/mol. The molecule has 2 nitrogen and oxygen atoms in total. The van der Waals surface area contributed by atoms with Gasteiger partial charge in [0.25, 0.3) is 0 Å². The van der Waals surface area contributed by atoms with Crippen molar-refractivity contribution in [3.63, 3.8) is 0 Å². The highest BCUT2D eigenvalue weighted by atomic mass is 16.3. The maximum atomic E-state index is 11.8. The van der Waals surface area contributed by atoms with Crippen LogP contribution in [0.15, 0.2) is 0 Å². The van der Waals surface area contributed by atoms with E-state index in [0.29, 0.717) is 23.7 Å². The second kappa shape index (κ2) is 3.06. The maximum absolute atomic E-state index is 11.8. The Kier molecular flexibility index (Phi) is 2.22. The van der Waals surface area contributed by atoms with Crippen LogP contribution in [-0.2, 0) is 4.79 Å². The second-order valence-electron chi connectivity index (χ2n) is 5.71. The first-order valence-electron chi connectivity index (χ1n) is 5.62. The molecule has 2 aliphatic carbocycles. The van der Waals surface area contributed by atoms with Gasteiger partial charge in [-0.1, -0.05) is 20.8 Å². The predicted molar refractivity (Wildman–Crippen MR) is 54.7 cm³/mol. The van der Waals surface area contributed by atoms with Crippen LogP contribution in [0.5, 0.6) is 0 Å². The third-order valence-corrected chi connectivity index (χ3v) is 4.63. The number of carbonyl (C=O) groups excluding carboxylic acids is 1. The van der Waals surface area contributed by atoms with E-state index in [1.807, 2.05) is 0 Å². The standard InChI is InChI=1S/C12H20O2/c1-7-4-9-10(12(9,2)3)5-11(14)8(7)6-13/h7-10,13H,4-6H2,1-3H3/t7-,8-,9-,10+/m1/s1. The fourth-order valence-electron chi connectivity index (χ4n) is 3.26. The van der Waals surface area contributed by atoms with Gasteiger partial charge in [0.1, 0.15) is 5.78 Å². The topological polar surface area (TPSA) is 37.3 Å². The molecule has 2 aliphatic rings. The van der Waals surface area contributed by atoms with Crippen LogP contribution in [0, 0.1) is 29.1 Å². The van der Waals surface area contributed by atoms with Gasteiger partial charge < -0.3 is 5.11 Å². The summed E-state index contributed by atoms with van der Waals surface area (Å²) in [6.07, 6.45) is 1.82. The fraction of sp³-hybridized carbons (Fsp3) is 0.917. The van der Waals surface area contributed by atoms with Gasteiger partial charge in [-0.2, -0.15) is 0 Å². The lowest BCUT2D eigenvalue weighted by Gasteiger charge is -2.20. The van der Waals surface area contributed by atoms with Gasteiger partial charge in [-0.05, 0) is 29.6 Å². The van der Waals surface area contributed by atoms with E-state index in [1.54, 1.807) is 0 Å². The molecule has 0 amide bonds. The average molecular weight is 196 g/mol. The van der Waals surface area contributed by atoms with Crippen molar-refractivity contribution in [3.8, 4) is 0 Å². The SMILES string of the molecule is C[C@@H]1C[C@@H]2[C@H](CC(=O)[C@@H]1CO)C2(C)C. The molecule has 0 aromatic heterocycles. The molecule has 0 bridgehead atoms. The van der Waals surface area contributed by atoms with Crippen molar-refractivity contribution in [1.29, 1.82) is 0 Å². The third kappa shape index (κ3) is 1.31. The summed E-state index contributed by atoms with van der Waals surface area (Å²) in [5.74, 6) is 1.88. The molecular formula is C12H20O2. The van der Waals surface area contributed by atoms with Gasteiger partial charge in [0, 0.05) is 12.3 Å². The minimum atomic E-state index is -0.0846. The summed E-state index contributed by atoms with van der Waals surface area (Å²) in [6, 6.07) is 0. The van der Waals surface area contributed by atoms with E-state index in [0.717, 1.165) is 12.3 Å². The van der Waals surface area contributed by atoms with Crippen molar-refractivity contribution in [1.82, 2.24) is 0 Å². The van der Waals surface area contributed by atoms with Gasteiger partial charge in [-0.25, -0.2) is 0 Å². The molecule has 0 aromatic carbocycles. The number of fused-ring (bicyclic) bond motifs is 1. The first kappa shape index (κ1) is 10.2. The van der Waals surface area contributed by atoms with Crippen LogP contribution in [0.2, 0.25) is 0 Å². The van der Waals surface area contributed by atoms with E-state index < -0.39 is 0 Å². The minimum Gasteiger partial charge on any atom is -0.396 e. The van der Waals surface area contributed by atoms with Gasteiger partial charge in [-0.15, -0.1) is 0 Å². The lowest BCUT2D eigenvalue weighted by molar-refractivity contribution is -0.125. The fourth-order valence-corrected chi connectivity index (χ4v) is 3.26. The van der Waals surface area contributed by atoms with E-state index in [9.17, 15) is 4.79 Å². The van der Waals surface area contributed by atoms with Crippen LogP contribution in [0.4, 0.5) is 0 Å². The van der Waals surface area contributed by atoms with Crippen molar-refractivity contribution < 1.29 is 9.90 Å². The van der Waals surface area contributed by atoms with Crippen LogP contribution in [0.1, 0.15) is 33.6 Å². The molecule has 0 aliphatic heterocycles. The van der Waals surface area contributed by atoms with Crippen molar-refractivity contribution >= 4 is 5.78 Å². The molecule has 14 heavy (non-hydrogen) atoms. The van der Waals surface area contributed by atoms with E-state index in [2.05, 4.69) is 20.8 Å². The average Bonchev–Trinajstić information content (AvgIpc) is 2.62. The van der Waals surface area contributed by atoms with Crippen LogP contribution in [0.25, 0.3) is 0 Å². The van der Waals surface area contributed by atoms with Gasteiger partial charge in [0.15, 0.2) is 0 Å². The Balaban J connectivity index is 2.13. The molecule has 2 heteroatoms. The molecule has 1 N–H and O–H groups in total. The number of aliphatic hydroxyl groups is 1. The summed E-state index contributed by atoms with van der Waals surface area (Å²) >= 11 is 0. The number of hydrogen-bond acceptors (Lipinski definition) is 2. The van der Waals surface area contributed by atoms with Gasteiger partial charge in [0.05, 0.1) is 6.61 Å². The lowest BCUT2D eigenvalue weighted by Crippen LogP contribution is -2.25. The quantitative estimate of drug-likeness (QED) is 0.695. The molecule has 2 fully saturated rings. The van der Waals surface area contributed by atoms with Crippen molar-refractivity contribution in [2.45, 2.75) is 33.6 Å². The van der Waals surface area contributed by atoms with Crippen LogP contribution in [-0.4, -0.2) is 17.5 Å². The Labute approximate surface area is 85.7 Å². The highest BCUT2D eigenvalue weighted by Gasteiger charge is 2.59. The molecule has 2 saturated carbocycles. The zero-order valence-corrected chi connectivity index (χ0v) is 9.29. The third-order valence-electron chi connectivity index (χ3n) is 4.63. The largest absolute Gasteiger partial charge is 0.396 e. The molecule has 0 heterocycles. The Morgan fingerprint density at radius 3 is 2.64 bits per heavy atom. The second-order valence-corrected chi connectivity index (χ2v) is 5.71. The molecule has 80 valence electrons. The van der Waals surface area contributed by atoms with E-state index in [-0.39, 0.29) is 18.3 Å². The summed E-state index contributed by atoms with van der Waals surface area (Å²) in [7, 11) is 0. The first-order chi connectivity index (χ1) is 6.48. The van der Waals surface area contributed by atoms with Crippen molar-refractivity contribution in [3.05, 3.63) is 0 Å². The van der Waals surface area contributed by atoms with Crippen LogP contribution in [0.3, 0.4) is 0 Å². The summed E-state index contributed by atoms with van der Waals surface area (Å²) in [4.78, 5) is 11.8. The number of hydrogen-bond donors (Lipinski definition) is 1. The van der Waals surface area contributed by atoms with Crippen LogP contribution < -0.4 is 0 Å². The molecule has 0 radical (unpaired) electrons. The molecule has 0 spiro atoms. The number of aliphatic hydroxyl groups excluding tert-OH is 1. The molecule has 0 aromatic rings. The lowest BCUT2D eigenvalue weighted by atomic mass is 9.85. The Bertz CT molecular complexity index is 257. The smallest absolute Gasteiger partial charge is 0.138 e. The molecule has 2 rings (SSSR count). The Morgan fingerprint density at radius 2 is 2.07 bits per heavy atom. The van der Waals surface area contributed by atoms with Crippen LogP contribution >= 0.6 is 0 Å². The number of carbonyl (C=O) groups is 1. The van der Waals surface area contributed by atoms with Gasteiger partial charge in [-0.3, -0.25) is 4.79 Å². The van der Waals surface area contributed by atoms with Gasteiger partial charge >= 0.3 is 0 Å². The highest BCUT2D eigenvalue weighted by molar-refractivity contribution is 5.82. The summed E-state index contributed by atoms with van der Waals surface area (Å²) < 4.78 is 0. The van der Waals surface area contributed by atoms with Crippen molar-refractivity contribution in [2.75, 3.05) is 6.61 Å². The summed E-state index contributed by atoms with van der Waals surface area (Å²) in [6.45, 7) is 6.68. The Hall–Kier alpha value is -0.370. The first-order valence-corrected chi connectivity index (χ1v) is 5.62. The molecule has 4 atom stereocenters. The predicted octanol–water partition coefficient (Wildman–Crippen LogP) is 1.87. The Morgan fingerprint density at radius 1 is 1.43 bits per heavy atom. The monoisotopic (exact) mass is 196 g/mol. The van der Waals surface area contributed by atoms with Crippen molar-refractivity contribution in [2.24, 2.45) is 29.1 Å².